The summed E-state index contributed by atoms with van der Waals surface area (Å²) < 4.78 is 0. The Morgan fingerprint density at radius 3 is 1.61 bits per heavy atom. The van der Waals surface area contributed by atoms with Crippen LogP contribution in [0.5, 0.6) is 0 Å². The van der Waals surface area contributed by atoms with E-state index in [4.69, 9.17) is 11.5 Å². The van der Waals surface area contributed by atoms with Gasteiger partial charge in [-0.15, -0.1) is 12.8 Å². The summed E-state index contributed by atoms with van der Waals surface area (Å²) in [5.74, 6) is 0.612. The summed E-state index contributed by atoms with van der Waals surface area (Å²) in [6.45, 7) is 25.3. The monoisotopic (exact) mass is 390 g/mol. The molecule has 0 aromatic carbocycles. The first kappa shape index (κ1) is 37.0. The summed E-state index contributed by atoms with van der Waals surface area (Å²) in [6.07, 6.45) is 23.7. The molecule has 0 aromatic heterocycles. The van der Waals surface area contributed by atoms with Gasteiger partial charge in [-0.3, -0.25) is 0 Å². The molecule has 0 bridgehead atoms. The maximum atomic E-state index is 5.56. The third-order valence-electron chi connectivity index (χ3n) is 2.99. The van der Waals surface area contributed by atoms with Crippen molar-refractivity contribution in [2.45, 2.75) is 68.2 Å². The summed E-state index contributed by atoms with van der Waals surface area (Å²) in [7, 11) is 0. The van der Waals surface area contributed by atoms with Crippen LogP contribution in [-0.2, 0) is 0 Å². The number of terminal acetylenes is 1. The van der Waals surface area contributed by atoms with Crippen molar-refractivity contribution in [2.24, 2.45) is 22.8 Å². The fraction of sp³-hybridized carbons (Fsp3) is 0.538. The molecule has 0 aromatic rings. The predicted molar refractivity (Wildman–Crippen MR) is 135 cm³/mol. The number of allylic oxidation sites excluding steroid dienone is 8. The van der Waals surface area contributed by atoms with Gasteiger partial charge in [-0.2, -0.15) is 0 Å². The normalized spacial score (nSPS) is 11.4. The van der Waals surface area contributed by atoms with Gasteiger partial charge in [0.05, 0.1) is 0 Å². The van der Waals surface area contributed by atoms with Crippen molar-refractivity contribution in [3.63, 3.8) is 0 Å². The SMILES string of the molecule is C#C.C/C=C\C=C(/CC)CC(C)CN.C=C/C=C\C=C.CC.CC(C)(C)CN. The Kier molecular flexibility index (Phi) is 43.4. The lowest BCUT2D eigenvalue weighted by Crippen LogP contribution is -2.18. The molecule has 0 spiro atoms. The van der Waals surface area contributed by atoms with E-state index in [1.165, 1.54) is 5.57 Å². The average molecular weight is 391 g/mol. The van der Waals surface area contributed by atoms with E-state index in [1.54, 1.807) is 12.2 Å². The predicted octanol–water partition coefficient (Wildman–Crippen LogP) is 7.07. The molecule has 0 radical (unpaired) electrons. The van der Waals surface area contributed by atoms with Crippen molar-refractivity contribution in [1.29, 1.82) is 0 Å². The molecule has 2 heteroatoms. The van der Waals surface area contributed by atoms with Crippen LogP contribution in [0.15, 0.2) is 61.3 Å². The molecule has 0 rings (SSSR count). The minimum atomic E-state index is 0.319. The summed E-state index contributed by atoms with van der Waals surface area (Å²) in [5, 5.41) is 0. The zero-order valence-corrected chi connectivity index (χ0v) is 20.2. The molecule has 1 atom stereocenters. The highest BCUT2D eigenvalue weighted by atomic mass is 14.6. The summed E-state index contributed by atoms with van der Waals surface area (Å²) >= 11 is 0. The second-order valence-corrected chi connectivity index (χ2v) is 6.87. The van der Waals surface area contributed by atoms with Crippen molar-refractivity contribution in [2.75, 3.05) is 13.1 Å². The molecule has 0 heterocycles. The van der Waals surface area contributed by atoms with Gasteiger partial charge in [0, 0.05) is 0 Å². The van der Waals surface area contributed by atoms with E-state index in [0.29, 0.717) is 11.3 Å². The molecule has 0 saturated carbocycles. The zero-order valence-electron chi connectivity index (χ0n) is 20.2. The van der Waals surface area contributed by atoms with Crippen LogP contribution in [0.4, 0.5) is 0 Å². The molecule has 28 heavy (non-hydrogen) atoms. The fourth-order valence-corrected chi connectivity index (χ4v) is 1.25. The van der Waals surface area contributed by atoms with Crippen LogP contribution in [0.2, 0.25) is 0 Å². The minimum Gasteiger partial charge on any atom is -0.330 e. The third-order valence-corrected chi connectivity index (χ3v) is 2.99. The average Bonchev–Trinajstić information content (AvgIpc) is 2.72. The summed E-state index contributed by atoms with van der Waals surface area (Å²) in [6, 6.07) is 0. The van der Waals surface area contributed by atoms with Gasteiger partial charge in [-0.1, -0.05) is 110 Å². The van der Waals surface area contributed by atoms with E-state index < -0.39 is 0 Å². The Morgan fingerprint density at radius 1 is 1.00 bits per heavy atom. The highest BCUT2D eigenvalue weighted by Crippen LogP contribution is 2.13. The van der Waals surface area contributed by atoms with Gasteiger partial charge in [0.15, 0.2) is 0 Å². The van der Waals surface area contributed by atoms with Crippen molar-refractivity contribution in [3.05, 3.63) is 61.3 Å². The van der Waals surface area contributed by atoms with Crippen LogP contribution in [0.25, 0.3) is 0 Å². The standard InChI is InChI=1S/C11H21N.C6H8.C5H13N.C2H6.C2H2/c1-4-6-7-11(5-2)8-10(3)9-12;1-3-5-6-4-2;1-5(2,3)4-6;2*1-2/h4,6-7,10H,5,8-9,12H2,1-3H3;3-6H,1-2H2;4,6H2,1-3H3;1-2H3;1-2H/b6-4-,11-7+;6-5-;;;. The minimum absolute atomic E-state index is 0.319. The molecule has 4 N–H and O–H groups in total. The first-order valence-corrected chi connectivity index (χ1v) is 10.2. The molecule has 164 valence electrons. The number of nitrogens with two attached hydrogens (primary N) is 2. The van der Waals surface area contributed by atoms with Crippen LogP contribution >= 0.6 is 0 Å². The number of rotatable bonds is 7. The topological polar surface area (TPSA) is 52.0 Å². The van der Waals surface area contributed by atoms with Crippen LogP contribution in [0.1, 0.15) is 68.2 Å². The molecule has 0 saturated heterocycles. The van der Waals surface area contributed by atoms with Gasteiger partial charge in [0.25, 0.3) is 0 Å². The van der Waals surface area contributed by atoms with E-state index in [1.807, 2.05) is 32.9 Å². The van der Waals surface area contributed by atoms with E-state index in [2.05, 4.69) is 78.9 Å². The smallest absolute Gasteiger partial charge is 0.00285 e. The van der Waals surface area contributed by atoms with Gasteiger partial charge in [0.1, 0.15) is 0 Å². The van der Waals surface area contributed by atoms with E-state index in [9.17, 15) is 0 Å². The highest BCUT2D eigenvalue weighted by Gasteiger charge is 2.03. The van der Waals surface area contributed by atoms with Gasteiger partial charge >= 0.3 is 0 Å². The van der Waals surface area contributed by atoms with Crippen molar-refractivity contribution in [1.82, 2.24) is 0 Å². The van der Waals surface area contributed by atoms with Gasteiger partial charge in [-0.25, -0.2) is 0 Å². The van der Waals surface area contributed by atoms with Crippen LogP contribution < -0.4 is 11.5 Å². The summed E-state index contributed by atoms with van der Waals surface area (Å²) in [5.41, 5.74) is 12.7. The van der Waals surface area contributed by atoms with Gasteiger partial charge < -0.3 is 11.5 Å². The third kappa shape index (κ3) is 49.6. The Morgan fingerprint density at radius 2 is 1.39 bits per heavy atom. The largest absolute Gasteiger partial charge is 0.330 e. The zero-order chi connectivity index (χ0) is 23.4. The Balaban J connectivity index is -0.0000000935. The second kappa shape index (κ2) is 32.8. The van der Waals surface area contributed by atoms with Crippen molar-refractivity contribution >= 4 is 0 Å². The fourth-order valence-electron chi connectivity index (χ4n) is 1.25. The molecule has 0 aliphatic heterocycles. The quantitative estimate of drug-likeness (QED) is 0.361. The lowest BCUT2D eigenvalue weighted by atomic mass is 9.98. The van der Waals surface area contributed by atoms with Gasteiger partial charge in [-0.05, 0) is 44.2 Å². The summed E-state index contributed by atoms with van der Waals surface area (Å²) in [4.78, 5) is 0. The first-order valence-electron chi connectivity index (χ1n) is 10.2. The maximum absolute atomic E-state index is 5.56. The molecule has 0 fully saturated rings. The maximum Gasteiger partial charge on any atom is -0.00285 e. The molecule has 0 amide bonds. The van der Waals surface area contributed by atoms with E-state index >= 15 is 0 Å². The Hall–Kier alpha value is -1.82. The van der Waals surface area contributed by atoms with Crippen LogP contribution in [-0.4, -0.2) is 13.1 Å². The Labute approximate surface area is 178 Å². The van der Waals surface area contributed by atoms with E-state index in [-0.39, 0.29) is 0 Å². The molecule has 0 aliphatic rings. The van der Waals surface area contributed by atoms with Crippen molar-refractivity contribution < 1.29 is 0 Å². The molecule has 1 unspecified atom stereocenters. The first-order chi connectivity index (χ1) is 13.2. The highest BCUT2D eigenvalue weighted by molar-refractivity contribution is 5.12. The van der Waals surface area contributed by atoms with Crippen LogP contribution in [0, 0.1) is 24.2 Å². The molecule has 0 aliphatic carbocycles. The number of hydrogen-bond acceptors (Lipinski definition) is 2. The van der Waals surface area contributed by atoms with Gasteiger partial charge in [0.2, 0.25) is 0 Å². The number of hydrogen-bond donors (Lipinski definition) is 2. The lowest BCUT2D eigenvalue weighted by molar-refractivity contribution is 0.428. The van der Waals surface area contributed by atoms with Crippen molar-refractivity contribution in [3.8, 4) is 12.8 Å². The second-order valence-electron chi connectivity index (χ2n) is 6.87. The Bertz CT molecular complexity index is 394. The lowest BCUT2D eigenvalue weighted by Gasteiger charge is -2.12. The van der Waals surface area contributed by atoms with E-state index in [0.717, 1.165) is 25.9 Å². The van der Waals surface area contributed by atoms with Crippen LogP contribution in [0.3, 0.4) is 0 Å². The molecule has 2 nitrogen and oxygen atoms in total. The molecular weight excluding hydrogens is 340 g/mol. The molecular formula is C26H50N2.